The van der Waals surface area contributed by atoms with Crippen LogP contribution in [0.2, 0.25) is 0 Å². The van der Waals surface area contributed by atoms with Crippen LogP contribution in [0.15, 0.2) is 0 Å². The first-order chi connectivity index (χ1) is 9.15. The van der Waals surface area contributed by atoms with Gasteiger partial charge in [-0.2, -0.15) is 0 Å². The average molecular weight is 287 g/mol. The maximum absolute atomic E-state index is 12.0. The Morgan fingerprint density at radius 2 is 1.70 bits per heavy atom. The van der Waals surface area contributed by atoms with E-state index in [0.717, 1.165) is 0 Å². The molecule has 0 aromatic carbocycles. The molecule has 0 aliphatic heterocycles. The first-order valence-corrected chi connectivity index (χ1v) is 6.23. The molecule has 1 unspecified atom stereocenters. The molecule has 3 amide bonds. The van der Waals surface area contributed by atoms with Gasteiger partial charge in [-0.15, -0.1) is 0 Å². The number of primary amides is 1. The molecule has 0 saturated heterocycles. The lowest BCUT2D eigenvalue weighted by Gasteiger charge is -2.23. The van der Waals surface area contributed by atoms with Gasteiger partial charge in [0.05, 0.1) is 0 Å². The quantitative estimate of drug-likeness (QED) is 0.452. The van der Waals surface area contributed by atoms with Crippen LogP contribution in [-0.4, -0.2) is 40.9 Å². The molecule has 0 fully saturated rings. The smallest absolute Gasteiger partial charge is 0.326 e. The Kier molecular flexibility index (Phi) is 7.27. The van der Waals surface area contributed by atoms with Crippen molar-refractivity contribution in [3.63, 3.8) is 0 Å². The summed E-state index contributed by atoms with van der Waals surface area (Å²) in [7, 11) is 0. The van der Waals surface area contributed by atoms with Gasteiger partial charge < -0.3 is 21.5 Å². The van der Waals surface area contributed by atoms with Gasteiger partial charge in [-0.05, 0) is 12.3 Å². The first kappa shape index (κ1) is 17.9. The van der Waals surface area contributed by atoms with Crippen LogP contribution in [0.5, 0.6) is 0 Å². The van der Waals surface area contributed by atoms with Crippen molar-refractivity contribution in [3.05, 3.63) is 0 Å². The van der Waals surface area contributed by atoms with E-state index in [1.807, 2.05) is 0 Å². The summed E-state index contributed by atoms with van der Waals surface area (Å²) in [5.41, 5.74) is 4.94. The van der Waals surface area contributed by atoms with Crippen LogP contribution in [0.1, 0.15) is 33.6 Å². The van der Waals surface area contributed by atoms with E-state index in [2.05, 4.69) is 10.6 Å². The third-order valence-electron chi connectivity index (χ3n) is 2.60. The van der Waals surface area contributed by atoms with Crippen LogP contribution in [-0.2, 0) is 19.2 Å². The maximum Gasteiger partial charge on any atom is 0.326 e. The Hall–Kier alpha value is -2.12. The number of carbonyl (C=O) groups excluding carboxylic acids is 3. The summed E-state index contributed by atoms with van der Waals surface area (Å²) in [4.78, 5) is 44.7. The number of nitrogens with two attached hydrogens (primary N) is 1. The third-order valence-corrected chi connectivity index (χ3v) is 2.60. The number of hydrogen-bond acceptors (Lipinski definition) is 4. The number of carboxylic acids is 1. The molecule has 5 N–H and O–H groups in total. The second-order valence-corrected chi connectivity index (χ2v) is 4.83. The van der Waals surface area contributed by atoms with E-state index in [1.165, 1.54) is 6.92 Å². The van der Waals surface area contributed by atoms with Crippen molar-refractivity contribution in [2.75, 3.05) is 0 Å². The van der Waals surface area contributed by atoms with Crippen LogP contribution in [0.3, 0.4) is 0 Å². The fourth-order valence-corrected chi connectivity index (χ4v) is 1.56. The highest BCUT2D eigenvalue weighted by molar-refractivity contribution is 5.90. The molecule has 0 aromatic rings. The molecule has 0 heterocycles. The minimum atomic E-state index is -1.26. The maximum atomic E-state index is 12.0. The van der Waals surface area contributed by atoms with Gasteiger partial charge in [0.25, 0.3) is 0 Å². The molecule has 8 heteroatoms. The van der Waals surface area contributed by atoms with E-state index in [4.69, 9.17) is 10.8 Å². The Morgan fingerprint density at radius 1 is 1.15 bits per heavy atom. The summed E-state index contributed by atoms with van der Waals surface area (Å²) in [6.45, 7) is 4.71. The Bertz CT molecular complexity index is 395. The highest BCUT2D eigenvalue weighted by Gasteiger charge is 2.27. The molecule has 2 atom stereocenters. The van der Waals surface area contributed by atoms with Crippen LogP contribution >= 0.6 is 0 Å². The molecule has 0 bridgehead atoms. The topological polar surface area (TPSA) is 139 Å². The average Bonchev–Trinajstić information content (AvgIpc) is 2.29. The standard InChI is InChI=1S/C12H21N3O5/c1-6(2)10(14-7(3)16)11(18)15-8(12(19)20)4-5-9(13)17/h6,8,10H,4-5H2,1-3H3,(H2,13,17)(H,14,16)(H,15,18)(H,19,20)/t8-,10?/m0/s1. The van der Waals surface area contributed by atoms with E-state index >= 15 is 0 Å². The molecule has 0 aliphatic rings. The van der Waals surface area contributed by atoms with Crippen LogP contribution in [0.25, 0.3) is 0 Å². The number of rotatable bonds is 8. The van der Waals surface area contributed by atoms with Gasteiger partial charge in [0, 0.05) is 13.3 Å². The summed E-state index contributed by atoms with van der Waals surface area (Å²) >= 11 is 0. The van der Waals surface area contributed by atoms with Crippen molar-refractivity contribution in [1.82, 2.24) is 10.6 Å². The van der Waals surface area contributed by atoms with Crippen molar-refractivity contribution in [2.45, 2.75) is 45.7 Å². The number of amides is 3. The second-order valence-electron chi connectivity index (χ2n) is 4.83. The third kappa shape index (κ3) is 6.72. The summed E-state index contributed by atoms with van der Waals surface area (Å²) in [5, 5.41) is 13.7. The normalized spacial score (nSPS) is 13.4. The van der Waals surface area contributed by atoms with E-state index in [0.29, 0.717) is 0 Å². The Labute approximate surface area is 117 Å². The van der Waals surface area contributed by atoms with Crippen molar-refractivity contribution >= 4 is 23.7 Å². The largest absolute Gasteiger partial charge is 0.480 e. The number of hydrogen-bond donors (Lipinski definition) is 4. The monoisotopic (exact) mass is 287 g/mol. The van der Waals surface area contributed by atoms with Crippen molar-refractivity contribution in [2.24, 2.45) is 11.7 Å². The number of carbonyl (C=O) groups is 4. The molecule has 0 aliphatic carbocycles. The minimum Gasteiger partial charge on any atom is -0.480 e. The van der Waals surface area contributed by atoms with Gasteiger partial charge in [-0.1, -0.05) is 13.8 Å². The predicted molar refractivity (Wildman–Crippen MR) is 70.4 cm³/mol. The molecule has 0 saturated carbocycles. The molecule has 0 radical (unpaired) electrons. The summed E-state index contributed by atoms with van der Waals surface area (Å²) in [6.07, 6.45) is -0.245. The lowest BCUT2D eigenvalue weighted by Crippen LogP contribution is -2.53. The van der Waals surface area contributed by atoms with Crippen molar-refractivity contribution < 1.29 is 24.3 Å². The molecular weight excluding hydrogens is 266 g/mol. The van der Waals surface area contributed by atoms with Gasteiger partial charge in [0.15, 0.2) is 0 Å². The molecule has 0 aromatic heterocycles. The summed E-state index contributed by atoms with van der Waals surface area (Å²) in [5.74, 6) is -3.10. The van der Waals surface area contributed by atoms with Gasteiger partial charge in [-0.25, -0.2) is 4.79 Å². The fraction of sp³-hybridized carbons (Fsp3) is 0.667. The zero-order chi connectivity index (χ0) is 15.9. The zero-order valence-electron chi connectivity index (χ0n) is 11.8. The van der Waals surface area contributed by atoms with Crippen molar-refractivity contribution in [1.29, 1.82) is 0 Å². The van der Waals surface area contributed by atoms with Gasteiger partial charge >= 0.3 is 5.97 Å². The van der Waals surface area contributed by atoms with E-state index in [1.54, 1.807) is 13.8 Å². The van der Waals surface area contributed by atoms with Crippen LogP contribution in [0.4, 0.5) is 0 Å². The van der Waals surface area contributed by atoms with E-state index in [-0.39, 0.29) is 24.7 Å². The highest BCUT2D eigenvalue weighted by Crippen LogP contribution is 2.04. The molecule has 20 heavy (non-hydrogen) atoms. The number of aliphatic carboxylic acids is 1. The van der Waals surface area contributed by atoms with Gasteiger partial charge in [-0.3, -0.25) is 14.4 Å². The molecule has 8 nitrogen and oxygen atoms in total. The summed E-state index contributed by atoms with van der Waals surface area (Å²) < 4.78 is 0. The second kappa shape index (κ2) is 8.13. The lowest BCUT2D eigenvalue weighted by molar-refractivity contribution is -0.142. The minimum absolute atomic E-state index is 0.0959. The van der Waals surface area contributed by atoms with E-state index < -0.39 is 29.9 Å². The SMILES string of the molecule is CC(=O)NC(C(=O)N[C@@H](CCC(N)=O)C(=O)O)C(C)C. The summed E-state index contributed by atoms with van der Waals surface area (Å²) in [6, 6.07) is -2.05. The number of carboxylic acid groups (broad SMARTS) is 1. The zero-order valence-corrected chi connectivity index (χ0v) is 11.8. The molecule has 0 rings (SSSR count). The fourth-order valence-electron chi connectivity index (χ4n) is 1.56. The van der Waals surface area contributed by atoms with E-state index in [9.17, 15) is 19.2 Å². The molecular formula is C12H21N3O5. The Balaban J connectivity index is 4.74. The number of nitrogens with one attached hydrogen (secondary N) is 2. The van der Waals surface area contributed by atoms with Crippen molar-refractivity contribution in [3.8, 4) is 0 Å². The molecule has 114 valence electrons. The van der Waals surface area contributed by atoms with Gasteiger partial charge in [0.2, 0.25) is 17.7 Å². The predicted octanol–water partition coefficient (Wildman–Crippen LogP) is -1.02. The van der Waals surface area contributed by atoms with Crippen LogP contribution < -0.4 is 16.4 Å². The highest BCUT2D eigenvalue weighted by atomic mass is 16.4. The molecule has 0 spiro atoms. The Morgan fingerprint density at radius 3 is 2.05 bits per heavy atom. The lowest BCUT2D eigenvalue weighted by atomic mass is 10.0. The first-order valence-electron chi connectivity index (χ1n) is 6.23. The van der Waals surface area contributed by atoms with Gasteiger partial charge in [0.1, 0.15) is 12.1 Å². The van der Waals surface area contributed by atoms with Crippen LogP contribution in [0, 0.1) is 5.92 Å².